The van der Waals surface area contributed by atoms with Gasteiger partial charge in [-0.1, -0.05) is 11.6 Å². The first-order valence-corrected chi connectivity index (χ1v) is 3.64. The number of hydrogen-bond donors (Lipinski definition) is 0. The Morgan fingerprint density at radius 2 is 2.22 bits per heavy atom. The Bertz CT molecular complexity index is 209. The van der Waals surface area contributed by atoms with Crippen LogP contribution in [0.2, 0.25) is 5.15 Å². The van der Waals surface area contributed by atoms with Crippen LogP contribution >= 0.6 is 27.5 Å². The lowest BCUT2D eigenvalue weighted by Gasteiger charge is -1.86. The number of rotatable bonds is 0. The van der Waals surface area contributed by atoms with Gasteiger partial charge in [0.2, 0.25) is 0 Å². The topological polar surface area (TPSA) is 17.8 Å². The minimum atomic E-state index is 0.646. The number of halogens is 2. The summed E-state index contributed by atoms with van der Waals surface area (Å²) in [5, 5.41) is 4.69. The van der Waals surface area contributed by atoms with Crippen LogP contribution in [0, 0.1) is 6.92 Å². The molecule has 0 bridgehead atoms. The molecule has 0 atom stereocenters. The van der Waals surface area contributed by atoms with Gasteiger partial charge in [0.05, 0.1) is 10.2 Å². The number of aromatic nitrogens is 2. The summed E-state index contributed by atoms with van der Waals surface area (Å²) in [7, 11) is 1.81. The maximum absolute atomic E-state index is 5.75. The third kappa shape index (κ3) is 1.12. The molecule has 0 saturated heterocycles. The molecule has 0 aliphatic heterocycles. The van der Waals surface area contributed by atoms with Crippen LogP contribution in [0.3, 0.4) is 0 Å². The van der Waals surface area contributed by atoms with Crippen LogP contribution in [0.1, 0.15) is 5.69 Å². The van der Waals surface area contributed by atoms with Crippen LogP contribution in [0.25, 0.3) is 0 Å². The first-order valence-electron chi connectivity index (χ1n) is 2.47. The summed E-state index contributed by atoms with van der Waals surface area (Å²) in [6.07, 6.45) is 0. The molecule has 1 rings (SSSR count). The summed E-state index contributed by atoms with van der Waals surface area (Å²) in [6, 6.07) is 0. The van der Waals surface area contributed by atoms with Crippen molar-refractivity contribution in [2.75, 3.05) is 0 Å². The van der Waals surface area contributed by atoms with Crippen molar-refractivity contribution in [2.45, 2.75) is 6.92 Å². The molecule has 0 amide bonds. The second-order valence-corrected chi connectivity index (χ2v) is 2.96. The molecule has 0 radical (unpaired) electrons. The SMILES string of the molecule is Cc1nn(C)c(Cl)c1Br. The Kier molecular flexibility index (Phi) is 1.82. The molecular formula is C5H6BrClN2. The molecule has 0 N–H and O–H groups in total. The Morgan fingerprint density at radius 1 is 1.67 bits per heavy atom. The Morgan fingerprint density at radius 3 is 2.33 bits per heavy atom. The lowest BCUT2D eigenvalue weighted by Crippen LogP contribution is -1.88. The highest BCUT2D eigenvalue weighted by molar-refractivity contribution is 9.10. The first-order chi connectivity index (χ1) is 4.13. The van der Waals surface area contributed by atoms with E-state index in [1.165, 1.54) is 0 Å². The molecule has 1 aromatic rings. The average molecular weight is 209 g/mol. The van der Waals surface area contributed by atoms with Crippen LogP contribution in [-0.2, 0) is 7.05 Å². The molecule has 1 heterocycles. The molecule has 0 aliphatic carbocycles. The largest absolute Gasteiger partial charge is 0.256 e. The van der Waals surface area contributed by atoms with E-state index in [-0.39, 0.29) is 0 Å². The van der Waals surface area contributed by atoms with E-state index >= 15 is 0 Å². The van der Waals surface area contributed by atoms with Crippen LogP contribution in [0.4, 0.5) is 0 Å². The van der Waals surface area contributed by atoms with Gasteiger partial charge in [-0.3, -0.25) is 4.68 Å². The van der Waals surface area contributed by atoms with Crippen LogP contribution in [0.5, 0.6) is 0 Å². The predicted molar refractivity (Wildman–Crippen MR) is 40.7 cm³/mol. The van der Waals surface area contributed by atoms with Gasteiger partial charge in [0, 0.05) is 7.05 Å². The Hall–Kier alpha value is -0.0200. The molecule has 9 heavy (non-hydrogen) atoms. The van der Waals surface area contributed by atoms with Gasteiger partial charge in [-0.25, -0.2) is 0 Å². The van der Waals surface area contributed by atoms with Crippen LogP contribution in [-0.4, -0.2) is 9.78 Å². The molecular weight excluding hydrogens is 203 g/mol. The quantitative estimate of drug-likeness (QED) is 0.640. The van der Waals surface area contributed by atoms with Crippen molar-refractivity contribution in [1.29, 1.82) is 0 Å². The van der Waals surface area contributed by atoms with E-state index in [4.69, 9.17) is 11.6 Å². The zero-order valence-corrected chi connectivity index (χ0v) is 7.49. The summed E-state index contributed by atoms with van der Waals surface area (Å²) in [5.41, 5.74) is 0.919. The summed E-state index contributed by atoms with van der Waals surface area (Å²) in [5.74, 6) is 0. The van der Waals surface area contributed by atoms with Gasteiger partial charge in [-0.2, -0.15) is 5.10 Å². The minimum Gasteiger partial charge on any atom is -0.256 e. The summed E-state index contributed by atoms with van der Waals surface area (Å²) in [6.45, 7) is 1.90. The lowest BCUT2D eigenvalue weighted by atomic mass is 10.5. The van der Waals surface area contributed by atoms with E-state index in [9.17, 15) is 0 Å². The number of hydrogen-bond acceptors (Lipinski definition) is 1. The molecule has 0 aliphatic rings. The molecule has 2 nitrogen and oxygen atoms in total. The molecule has 0 saturated carbocycles. The first kappa shape index (κ1) is 7.09. The van der Waals surface area contributed by atoms with Crippen LogP contribution < -0.4 is 0 Å². The van der Waals surface area contributed by atoms with Gasteiger partial charge >= 0.3 is 0 Å². The summed E-state index contributed by atoms with van der Waals surface area (Å²) < 4.78 is 2.51. The molecule has 0 fully saturated rings. The fourth-order valence-electron chi connectivity index (χ4n) is 0.604. The van der Waals surface area contributed by atoms with E-state index in [1.54, 1.807) is 11.7 Å². The number of nitrogens with zero attached hydrogens (tertiary/aromatic N) is 2. The molecule has 50 valence electrons. The van der Waals surface area contributed by atoms with Crippen molar-refractivity contribution < 1.29 is 0 Å². The Labute approximate surface area is 66.9 Å². The normalized spacial score (nSPS) is 10.2. The lowest BCUT2D eigenvalue weighted by molar-refractivity contribution is 0.757. The fourth-order valence-corrected chi connectivity index (χ4v) is 1.11. The van der Waals surface area contributed by atoms with E-state index in [1.807, 2.05) is 6.92 Å². The maximum Gasteiger partial charge on any atom is 0.141 e. The smallest absolute Gasteiger partial charge is 0.141 e. The van der Waals surface area contributed by atoms with Crippen molar-refractivity contribution in [3.05, 3.63) is 15.3 Å². The van der Waals surface area contributed by atoms with E-state index in [0.29, 0.717) is 5.15 Å². The van der Waals surface area contributed by atoms with Crippen LogP contribution in [0.15, 0.2) is 4.47 Å². The van der Waals surface area contributed by atoms with Gasteiger partial charge in [-0.05, 0) is 22.9 Å². The van der Waals surface area contributed by atoms with Gasteiger partial charge in [0.25, 0.3) is 0 Å². The predicted octanol–water partition coefficient (Wildman–Crippen LogP) is 2.14. The highest BCUT2D eigenvalue weighted by Crippen LogP contribution is 2.23. The van der Waals surface area contributed by atoms with Crippen molar-refractivity contribution >= 4 is 27.5 Å². The molecule has 4 heteroatoms. The third-order valence-electron chi connectivity index (χ3n) is 1.08. The van der Waals surface area contributed by atoms with E-state index in [0.717, 1.165) is 10.2 Å². The maximum atomic E-state index is 5.75. The average Bonchev–Trinajstić information content (AvgIpc) is 1.98. The van der Waals surface area contributed by atoms with Crippen molar-refractivity contribution in [1.82, 2.24) is 9.78 Å². The van der Waals surface area contributed by atoms with E-state index in [2.05, 4.69) is 21.0 Å². The zero-order valence-electron chi connectivity index (χ0n) is 5.15. The van der Waals surface area contributed by atoms with Gasteiger partial charge in [-0.15, -0.1) is 0 Å². The molecule has 0 aromatic carbocycles. The van der Waals surface area contributed by atoms with Gasteiger partial charge in [0.15, 0.2) is 0 Å². The Balaban J connectivity index is 3.29. The van der Waals surface area contributed by atoms with Crippen molar-refractivity contribution in [3.8, 4) is 0 Å². The summed E-state index contributed by atoms with van der Waals surface area (Å²) >= 11 is 9.04. The highest BCUT2D eigenvalue weighted by Gasteiger charge is 2.05. The molecule has 1 aromatic heterocycles. The van der Waals surface area contributed by atoms with Gasteiger partial charge in [0.1, 0.15) is 5.15 Å². The third-order valence-corrected chi connectivity index (χ3v) is 2.69. The second-order valence-electron chi connectivity index (χ2n) is 1.81. The fraction of sp³-hybridized carbons (Fsp3) is 0.400. The monoisotopic (exact) mass is 208 g/mol. The van der Waals surface area contributed by atoms with Gasteiger partial charge < -0.3 is 0 Å². The standard InChI is InChI=1S/C5H6BrClN2/c1-3-4(6)5(7)9(2)8-3/h1-2H3. The highest BCUT2D eigenvalue weighted by atomic mass is 79.9. The van der Waals surface area contributed by atoms with E-state index < -0.39 is 0 Å². The zero-order chi connectivity index (χ0) is 7.02. The molecule has 0 spiro atoms. The number of aryl methyl sites for hydroxylation is 2. The minimum absolute atomic E-state index is 0.646. The summed E-state index contributed by atoms with van der Waals surface area (Å²) in [4.78, 5) is 0. The molecule has 0 unspecified atom stereocenters. The second kappa shape index (κ2) is 2.31. The van der Waals surface area contributed by atoms with Crippen molar-refractivity contribution in [2.24, 2.45) is 7.05 Å². The van der Waals surface area contributed by atoms with Crippen molar-refractivity contribution in [3.63, 3.8) is 0 Å².